The number of nitrogens with two attached hydrogens (primary N) is 1. The van der Waals surface area contributed by atoms with Gasteiger partial charge in [0.05, 0.1) is 36.6 Å². The molecule has 0 aliphatic carbocycles. The lowest BCUT2D eigenvalue weighted by molar-refractivity contribution is 0.0597. The van der Waals surface area contributed by atoms with Crippen molar-refractivity contribution in [1.29, 1.82) is 0 Å². The molecule has 8 nitrogen and oxygen atoms in total. The Kier molecular flexibility index (Phi) is 8.43. The number of benzene rings is 2. The van der Waals surface area contributed by atoms with E-state index in [-0.39, 0.29) is 11.1 Å². The van der Waals surface area contributed by atoms with Gasteiger partial charge in [-0.25, -0.2) is 8.42 Å². The van der Waals surface area contributed by atoms with Crippen LogP contribution in [0.25, 0.3) is 0 Å². The van der Waals surface area contributed by atoms with Gasteiger partial charge in [0, 0.05) is 11.9 Å². The van der Waals surface area contributed by atoms with Crippen LogP contribution in [0.5, 0.6) is 11.5 Å². The molecule has 2 N–H and O–H groups in total. The molecule has 0 unspecified atom stereocenters. The number of aryl methyl sites for hydroxylation is 1. The predicted molar refractivity (Wildman–Crippen MR) is 136 cm³/mol. The largest absolute Gasteiger partial charge is 0.493 e. The molecule has 0 fully saturated rings. The normalized spacial score (nSPS) is 14.2. The molecule has 1 heterocycles. The summed E-state index contributed by atoms with van der Waals surface area (Å²) in [6, 6.07) is 7.26. The van der Waals surface area contributed by atoms with E-state index >= 15 is 0 Å². The fraction of sp³-hybridized carbons (Fsp3) is 0.462. The summed E-state index contributed by atoms with van der Waals surface area (Å²) in [6.07, 6.45) is 6.01. The summed E-state index contributed by atoms with van der Waals surface area (Å²) in [4.78, 5) is 28.0. The van der Waals surface area contributed by atoms with Crippen LogP contribution in [0.15, 0.2) is 30.3 Å². The molecule has 2 aromatic rings. The summed E-state index contributed by atoms with van der Waals surface area (Å²) in [5.74, 6) is -0.707. The molecule has 9 heteroatoms. The molecule has 0 bridgehead atoms. The SMILES string of the molecule is CCCCCCc1ccc2c(c1N)C(=O)N([C@H](CS(C)(=O)=O)c1ccc(OC)c(OCC)c1)C2=O. The van der Waals surface area contributed by atoms with Crippen LogP contribution in [-0.4, -0.2) is 50.9 Å². The average Bonchev–Trinajstić information content (AvgIpc) is 3.06. The van der Waals surface area contributed by atoms with Crippen LogP contribution >= 0.6 is 0 Å². The van der Waals surface area contributed by atoms with Crippen LogP contribution in [0.3, 0.4) is 0 Å². The highest BCUT2D eigenvalue weighted by atomic mass is 32.2. The average molecular weight is 503 g/mol. The first-order chi connectivity index (χ1) is 16.6. The molecular weight excluding hydrogens is 468 g/mol. The van der Waals surface area contributed by atoms with E-state index in [4.69, 9.17) is 15.2 Å². The first kappa shape index (κ1) is 26.5. The topological polar surface area (TPSA) is 116 Å². The van der Waals surface area contributed by atoms with Crippen LogP contribution in [0.4, 0.5) is 5.69 Å². The number of hydrogen-bond donors (Lipinski definition) is 1. The van der Waals surface area contributed by atoms with Gasteiger partial charge >= 0.3 is 0 Å². The van der Waals surface area contributed by atoms with Crippen molar-refractivity contribution in [3.05, 3.63) is 52.6 Å². The lowest BCUT2D eigenvalue weighted by Gasteiger charge is -2.27. The maximum absolute atomic E-state index is 13.6. The smallest absolute Gasteiger partial charge is 0.264 e. The fourth-order valence-corrected chi connectivity index (χ4v) is 5.35. The maximum Gasteiger partial charge on any atom is 0.264 e. The molecule has 2 aromatic carbocycles. The highest BCUT2D eigenvalue weighted by Crippen LogP contribution is 2.39. The molecule has 3 rings (SSSR count). The van der Waals surface area contributed by atoms with E-state index in [0.717, 1.165) is 42.4 Å². The van der Waals surface area contributed by atoms with E-state index in [2.05, 4.69) is 6.92 Å². The zero-order valence-corrected chi connectivity index (χ0v) is 21.6. The Morgan fingerprint density at radius 2 is 1.74 bits per heavy atom. The van der Waals surface area contributed by atoms with Gasteiger partial charge < -0.3 is 15.2 Å². The fourth-order valence-electron chi connectivity index (χ4n) is 4.43. The number of anilines is 1. The summed E-state index contributed by atoms with van der Waals surface area (Å²) in [7, 11) is -2.07. The first-order valence-electron chi connectivity index (χ1n) is 11.9. The van der Waals surface area contributed by atoms with Crippen molar-refractivity contribution in [2.75, 3.05) is 31.5 Å². The molecule has 0 radical (unpaired) electrons. The summed E-state index contributed by atoms with van der Waals surface area (Å²) in [6.45, 7) is 4.31. The van der Waals surface area contributed by atoms with E-state index < -0.39 is 33.4 Å². The second kappa shape index (κ2) is 11.1. The zero-order valence-electron chi connectivity index (χ0n) is 20.8. The van der Waals surface area contributed by atoms with Crippen LogP contribution < -0.4 is 15.2 Å². The van der Waals surface area contributed by atoms with Gasteiger partial charge in [-0.15, -0.1) is 0 Å². The van der Waals surface area contributed by atoms with Gasteiger partial charge in [-0.2, -0.15) is 0 Å². The lowest BCUT2D eigenvalue weighted by Crippen LogP contribution is -2.37. The quantitative estimate of drug-likeness (QED) is 0.263. The predicted octanol–water partition coefficient (Wildman–Crippen LogP) is 4.18. The Bertz CT molecular complexity index is 1210. The van der Waals surface area contributed by atoms with Crippen molar-refractivity contribution >= 4 is 27.3 Å². The number of rotatable bonds is 12. The van der Waals surface area contributed by atoms with Crippen molar-refractivity contribution in [1.82, 2.24) is 4.90 Å². The van der Waals surface area contributed by atoms with Crippen molar-refractivity contribution in [3.63, 3.8) is 0 Å². The number of nitrogens with zero attached hydrogens (tertiary/aromatic N) is 1. The van der Waals surface area contributed by atoms with Crippen molar-refractivity contribution in [2.45, 2.75) is 52.0 Å². The third-order valence-electron chi connectivity index (χ3n) is 6.16. The molecular formula is C26H34N2O6S. The molecule has 190 valence electrons. The third kappa shape index (κ3) is 5.78. The van der Waals surface area contributed by atoms with Crippen molar-refractivity contribution in [2.24, 2.45) is 0 Å². The standard InChI is InChI=1S/C26H34N2O6S/c1-5-7-8-9-10-17-11-13-19-23(24(17)27)26(30)28(25(19)29)20(16-35(4,31)32)18-12-14-21(33-3)22(15-18)34-6-2/h11-15,20H,5-10,16,27H2,1-4H3/t20-/m1/s1. The minimum absolute atomic E-state index is 0.153. The Hall–Kier alpha value is -3.07. The number of sulfone groups is 1. The van der Waals surface area contributed by atoms with Gasteiger partial charge in [-0.3, -0.25) is 14.5 Å². The van der Waals surface area contributed by atoms with Gasteiger partial charge in [-0.05, 0) is 49.1 Å². The van der Waals surface area contributed by atoms with E-state index in [9.17, 15) is 18.0 Å². The van der Waals surface area contributed by atoms with Gasteiger partial charge in [0.2, 0.25) is 0 Å². The van der Waals surface area contributed by atoms with E-state index in [1.54, 1.807) is 30.3 Å². The van der Waals surface area contributed by atoms with Gasteiger partial charge in [0.25, 0.3) is 11.8 Å². The van der Waals surface area contributed by atoms with E-state index in [1.807, 2.05) is 6.92 Å². The van der Waals surface area contributed by atoms with Crippen molar-refractivity contribution < 1.29 is 27.5 Å². The number of fused-ring (bicyclic) bond motifs is 1. The van der Waals surface area contributed by atoms with Crippen LogP contribution in [0, 0.1) is 0 Å². The van der Waals surface area contributed by atoms with Crippen molar-refractivity contribution in [3.8, 4) is 11.5 Å². The van der Waals surface area contributed by atoms with E-state index in [1.165, 1.54) is 7.11 Å². The van der Waals surface area contributed by atoms with Gasteiger partial charge in [0.1, 0.15) is 9.84 Å². The lowest BCUT2D eigenvalue weighted by atomic mass is 9.98. The zero-order chi connectivity index (χ0) is 25.8. The van der Waals surface area contributed by atoms with E-state index in [0.29, 0.717) is 35.8 Å². The molecule has 0 saturated carbocycles. The number of hydrogen-bond acceptors (Lipinski definition) is 7. The second-order valence-electron chi connectivity index (χ2n) is 8.80. The van der Waals surface area contributed by atoms with Crippen LogP contribution in [0.2, 0.25) is 0 Å². The number of carbonyl (C=O) groups excluding carboxylic acids is 2. The number of unbranched alkanes of at least 4 members (excludes halogenated alkanes) is 3. The highest BCUT2D eigenvalue weighted by molar-refractivity contribution is 7.90. The Labute approximate surface area is 207 Å². The Morgan fingerprint density at radius 1 is 1.00 bits per heavy atom. The highest BCUT2D eigenvalue weighted by Gasteiger charge is 2.43. The van der Waals surface area contributed by atoms with Gasteiger partial charge in [0.15, 0.2) is 11.5 Å². The Balaban J connectivity index is 2.03. The molecule has 0 spiro atoms. The summed E-state index contributed by atoms with van der Waals surface area (Å²) >= 11 is 0. The molecule has 1 atom stereocenters. The third-order valence-corrected chi connectivity index (χ3v) is 7.08. The van der Waals surface area contributed by atoms with Gasteiger partial charge in [-0.1, -0.05) is 38.3 Å². The number of ether oxygens (including phenoxy) is 2. The molecule has 1 aliphatic heterocycles. The minimum Gasteiger partial charge on any atom is -0.493 e. The summed E-state index contributed by atoms with van der Waals surface area (Å²) < 4.78 is 35.7. The maximum atomic E-state index is 13.6. The number of methoxy groups -OCH3 is 1. The first-order valence-corrected chi connectivity index (χ1v) is 14.0. The molecule has 35 heavy (non-hydrogen) atoms. The van der Waals surface area contributed by atoms with Crippen LogP contribution in [0.1, 0.15) is 77.4 Å². The number of imide groups is 1. The monoisotopic (exact) mass is 502 g/mol. The molecule has 1 aliphatic rings. The number of nitrogen functional groups attached to an aromatic ring is 1. The molecule has 0 aromatic heterocycles. The summed E-state index contributed by atoms with van der Waals surface area (Å²) in [5.41, 5.74) is 8.30. The van der Waals surface area contributed by atoms with Crippen LogP contribution in [-0.2, 0) is 16.3 Å². The Morgan fingerprint density at radius 3 is 2.37 bits per heavy atom. The molecule has 2 amide bonds. The molecule has 0 saturated heterocycles. The summed E-state index contributed by atoms with van der Waals surface area (Å²) in [5, 5.41) is 0. The number of amides is 2. The second-order valence-corrected chi connectivity index (χ2v) is 11.0. The number of carbonyl (C=O) groups is 2. The minimum atomic E-state index is -3.57.